The van der Waals surface area contributed by atoms with E-state index in [0.717, 1.165) is 17.3 Å². The first-order chi connectivity index (χ1) is 7.63. The van der Waals surface area contributed by atoms with E-state index in [-0.39, 0.29) is 0 Å². The van der Waals surface area contributed by atoms with Crippen LogP contribution in [-0.2, 0) is 11.3 Å². The Morgan fingerprint density at radius 2 is 2.38 bits per heavy atom. The number of carboxylic acids is 1. The Morgan fingerprint density at radius 1 is 1.62 bits per heavy atom. The second-order valence-corrected chi connectivity index (χ2v) is 4.55. The van der Waals surface area contributed by atoms with Gasteiger partial charge in [-0.15, -0.1) is 0 Å². The molecular weight excluding hydrogens is 226 g/mol. The number of aryl methyl sites for hydroxylation is 1. The van der Waals surface area contributed by atoms with Gasteiger partial charge in [0.25, 0.3) is 0 Å². The molecule has 5 heteroatoms. The number of hydrogen-bond donors (Lipinski definition) is 2. The van der Waals surface area contributed by atoms with Crippen LogP contribution in [0.25, 0.3) is 0 Å². The molecular formula is C11H17NO3S. The third-order valence-corrected chi connectivity index (χ3v) is 2.87. The van der Waals surface area contributed by atoms with Crippen LogP contribution in [0.1, 0.15) is 17.9 Å². The zero-order valence-corrected chi connectivity index (χ0v) is 10.3. The lowest BCUT2D eigenvalue weighted by atomic mass is 10.2. The average molecular weight is 243 g/mol. The highest BCUT2D eigenvalue weighted by Gasteiger charge is 2.16. The van der Waals surface area contributed by atoms with Gasteiger partial charge in [0.2, 0.25) is 0 Å². The zero-order chi connectivity index (χ0) is 12.0. The summed E-state index contributed by atoms with van der Waals surface area (Å²) in [4.78, 5) is 10.9. The minimum absolute atomic E-state index is 0.458. The second-order valence-electron chi connectivity index (χ2n) is 3.57. The molecule has 0 aliphatic carbocycles. The lowest BCUT2D eigenvalue weighted by Crippen LogP contribution is -2.36. The summed E-state index contributed by atoms with van der Waals surface area (Å²) in [6, 6.07) is 3.22. The number of rotatable bonds is 7. The van der Waals surface area contributed by atoms with Crippen LogP contribution in [0.15, 0.2) is 16.5 Å². The SMILES string of the molecule is CSCC[C@@H](NCc1ccc(C)o1)C(=O)O. The summed E-state index contributed by atoms with van der Waals surface area (Å²) in [5.41, 5.74) is 0. The fourth-order valence-corrected chi connectivity index (χ4v) is 1.82. The quantitative estimate of drug-likeness (QED) is 0.765. The molecule has 0 aromatic carbocycles. The van der Waals surface area contributed by atoms with Crippen molar-refractivity contribution in [3.8, 4) is 0 Å². The van der Waals surface area contributed by atoms with E-state index in [2.05, 4.69) is 5.32 Å². The van der Waals surface area contributed by atoms with Gasteiger partial charge >= 0.3 is 5.97 Å². The minimum atomic E-state index is -0.808. The fourth-order valence-electron chi connectivity index (χ4n) is 1.35. The van der Waals surface area contributed by atoms with E-state index < -0.39 is 12.0 Å². The van der Waals surface area contributed by atoms with Gasteiger partial charge in [-0.2, -0.15) is 11.8 Å². The van der Waals surface area contributed by atoms with Crippen molar-refractivity contribution in [2.45, 2.75) is 25.9 Å². The van der Waals surface area contributed by atoms with Gasteiger partial charge in [-0.25, -0.2) is 0 Å². The predicted molar refractivity (Wildman–Crippen MR) is 64.7 cm³/mol. The largest absolute Gasteiger partial charge is 0.480 e. The first kappa shape index (κ1) is 13.1. The molecule has 0 aliphatic rings. The van der Waals surface area contributed by atoms with Gasteiger partial charge in [0.15, 0.2) is 0 Å². The summed E-state index contributed by atoms with van der Waals surface area (Å²) in [7, 11) is 0. The average Bonchev–Trinajstić information content (AvgIpc) is 2.64. The topological polar surface area (TPSA) is 62.5 Å². The molecule has 0 aliphatic heterocycles. The molecule has 1 rings (SSSR count). The van der Waals surface area contributed by atoms with Crippen molar-refractivity contribution in [3.05, 3.63) is 23.7 Å². The maximum absolute atomic E-state index is 10.9. The summed E-state index contributed by atoms with van der Waals surface area (Å²) in [5, 5.41) is 12.0. The number of aliphatic carboxylic acids is 1. The highest BCUT2D eigenvalue weighted by atomic mass is 32.2. The monoisotopic (exact) mass is 243 g/mol. The smallest absolute Gasteiger partial charge is 0.320 e. The van der Waals surface area contributed by atoms with E-state index in [1.54, 1.807) is 11.8 Å². The third kappa shape index (κ3) is 4.28. The Labute approximate surface area is 99.4 Å². The van der Waals surface area contributed by atoms with Crippen molar-refractivity contribution in [3.63, 3.8) is 0 Å². The van der Waals surface area contributed by atoms with Gasteiger partial charge in [-0.3, -0.25) is 10.1 Å². The van der Waals surface area contributed by atoms with Gasteiger partial charge in [0.1, 0.15) is 17.6 Å². The highest BCUT2D eigenvalue weighted by Crippen LogP contribution is 2.07. The predicted octanol–water partition coefficient (Wildman–Crippen LogP) is 1.88. The number of carboxylic acid groups (broad SMARTS) is 1. The van der Waals surface area contributed by atoms with E-state index in [1.807, 2.05) is 25.3 Å². The molecule has 1 aromatic heterocycles. The van der Waals surface area contributed by atoms with Crippen LogP contribution in [-0.4, -0.2) is 29.1 Å². The van der Waals surface area contributed by atoms with Gasteiger partial charge in [0.05, 0.1) is 6.54 Å². The van der Waals surface area contributed by atoms with Crippen LogP contribution in [0, 0.1) is 6.92 Å². The van der Waals surface area contributed by atoms with Gasteiger partial charge < -0.3 is 9.52 Å². The lowest BCUT2D eigenvalue weighted by Gasteiger charge is -2.12. The van der Waals surface area contributed by atoms with E-state index in [9.17, 15) is 4.79 Å². The Kier molecular flexibility index (Phi) is 5.42. The summed E-state index contributed by atoms with van der Waals surface area (Å²) in [5.74, 6) is 1.64. The Bertz CT molecular complexity index is 338. The molecule has 0 unspecified atom stereocenters. The summed E-state index contributed by atoms with van der Waals surface area (Å²) in [6.45, 7) is 2.32. The molecule has 4 nitrogen and oxygen atoms in total. The van der Waals surface area contributed by atoms with Crippen LogP contribution < -0.4 is 5.32 Å². The molecule has 90 valence electrons. The van der Waals surface area contributed by atoms with Crippen LogP contribution in [0.2, 0.25) is 0 Å². The number of carbonyl (C=O) groups is 1. The molecule has 0 amide bonds. The Morgan fingerprint density at radius 3 is 2.88 bits per heavy atom. The second kappa shape index (κ2) is 6.60. The zero-order valence-electron chi connectivity index (χ0n) is 9.53. The van der Waals surface area contributed by atoms with Gasteiger partial charge in [0, 0.05) is 0 Å². The van der Waals surface area contributed by atoms with Gasteiger partial charge in [-0.05, 0) is 37.5 Å². The number of nitrogens with one attached hydrogen (secondary N) is 1. The minimum Gasteiger partial charge on any atom is -0.480 e. The maximum atomic E-state index is 10.9. The Hall–Kier alpha value is -0.940. The molecule has 0 spiro atoms. The third-order valence-electron chi connectivity index (χ3n) is 2.23. The van der Waals surface area contributed by atoms with E-state index in [0.29, 0.717) is 13.0 Å². The molecule has 0 fully saturated rings. The Balaban J connectivity index is 2.40. The molecule has 0 saturated heterocycles. The number of thioether (sulfide) groups is 1. The van der Waals surface area contributed by atoms with Crippen molar-refractivity contribution in [2.75, 3.05) is 12.0 Å². The van der Waals surface area contributed by atoms with Crippen LogP contribution in [0.5, 0.6) is 0 Å². The summed E-state index contributed by atoms with van der Waals surface area (Å²) >= 11 is 1.65. The van der Waals surface area contributed by atoms with E-state index in [1.165, 1.54) is 0 Å². The van der Waals surface area contributed by atoms with Crippen LogP contribution in [0.4, 0.5) is 0 Å². The molecule has 0 saturated carbocycles. The fraction of sp³-hybridized carbons (Fsp3) is 0.545. The molecule has 1 heterocycles. The van der Waals surface area contributed by atoms with E-state index in [4.69, 9.17) is 9.52 Å². The van der Waals surface area contributed by atoms with Crippen molar-refractivity contribution >= 4 is 17.7 Å². The number of furan rings is 1. The highest BCUT2D eigenvalue weighted by molar-refractivity contribution is 7.98. The molecule has 2 N–H and O–H groups in total. The van der Waals surface area contributed by atoms with Crippen LogP contribution >= 0.6 is 11.8 Å². The maximum Gasteiger partial charge on any atom is 0.320 e. The molecule has 1 atom stereocenters. The molecule has 16 heavy (non-hydrogen) atoms. The summed E-state index contributed by atoms with van der Waals surface area (Å²) in [6.07, 6.45) is 2.59. The first-order valence-corrected chi connectivity index (χ1v) is 6.53. The van der Waals surface area contributed by atoms with Crippen molar-refractivity contribution in [1.29, 1.82) is 0 Å². The first-order valence-electron chi connectivity index (χ1n) is 5.14. The van der Waals surface area contributed by atoms with Crippen molar-refractivity contribution in [1.82, 2.24) is 5.32 Å². The van der Waals surface area contributed by atoms with Crippen molar-refractivity contribution < 1.29 is 14.3 Å². The molecule has 0 radical (unpaired) electrons. The number of hydrogen-bond acceptors (Lipinski definition) is 4. The molecule has 0 bridgehead atoms. The normalized spacial score (nSPS) is 12.6. The standard InChI is InChI=1S/C11H17NO3S/c1-8-3-4-9(15-8)7-12-10(11(13)14)5-6-16-2/h3-4,10,12H,5-7H2,1-2H3,(H,13,14)/t10-/m1/s1. The molecule has 1 aromatic rings. The lowest BCUT2D eigenvalue weighted by molar-refractivity contribution is -0.139. The van der Waals surface area contributed by atoms with Crippen molar-refractivity contribution in [2.24, 2.45) is 0 Å². The van der Waals surface area contributed by atoms with Gasteiger partial charge in [-0.1, -0.05) is 0 Å². The van der Waals surface area contributed by atoms with Crippen LogP contribution in [0.3, 0.4) is 0 Å². The van der Waals surface area contributed by atoms with E-state index >= 15 is 0 Å². The summed E-state index contributed by atoms with van der Waals surface area (Å²) < 4.78 is 5.36.